The van der Waals surface area contributed by atoms with Crippen LogP contribution >= 0.6 is 0 Å². The van der Waals surface area contributed by atoms with E-state index in [4.69, 9.17) is 20.9 Å². The van der Waals surface area contributed by atoms with Crippen LogP contribution in [0, 0.1) is 0 Å². The predicted octanol–water partition coefficient (Wildman–Crippen LogP) is 2.40. The Morgan fingerprint density at radius 1 is 1.05 bits per heavy atom. The van der Waals surface area contributed by atoms with E-state index in [1.54, 1.807) is 25.7 Å². The zero-order valence-corrected chi connectivity index (χ0v) is 22.3. The predicted molar refractivity (Wildman–Crippen MR) is 148 cm³/mol. The van der Waals surface area contributed by atoms with Crippen molar-refractivity contribution in [3.05, 3.63) is 60.6 Å². The van der Waals surface area contributed by atoms with E-state index in [2.05, 4.69) is 19.9 Å². The third-order valence-corrected chi connectivity index (χ3v) is 9.08. The average Bonchev–Trinajstić information content (AvgIpc) is 3.28. The summed E-state index contributed by atoms with van der Waals surface area (Å²) < 4.78 is 39.4. The minimum absolute atomic E-state index is 0.00944. The maximum atomic E-state index is 13.3. The third-order valence-electron chi connectivity index (χ3n) is 7.18. The first-order valence-corrected chi connectivity index (χ1v) is 14.1. The summed E-state index contributed by atoms with van der Waals surface area (Å²) >= 11 is 0. The van der Waals surface area contributed by atoms with Crippen molar-refractivity contribution < 1.29 is 17.9 Å². The van der Waals surface area contributed by atoms with Gasteiger partial charge in [-0.25, -0.2) is 23.4 Å². The van der Waals surface area contributed by atoms with E-state index < -0.39 is 10.0 Å². The Morgan fingerprint density at radius 3 is 2.72 bits per heavy atom. The van der Waals surface area contributed by atoms with E-state index in [-0.39, 0.29) is 23.3 Å². The Labute approximate surface area is 226 Å². The quantitative estimate of drug-likeness (QED) is 0.381. The molecule has 0 amide bonds. The smallest absolute Gasteiger partial charge is 0.246 e. The van der Waals surface area contributed by atoms with Crippen molar-refractivity contribution in [2.24, 2.45) is 5.73 Å². The lowest BCUT2D eigenvalue weighted by Gasteiger charge is -2.22. The standard InChI is InChI=1S/C27H29N7O4S/c1-37-21-3-4-22-23(12-21)31-16-32-27(22)33-8-9-38-24-5-2-17(10-19(24)14-33)18-11-25(26(29)30-13-18)39(35,36)34-7-6-20(28)15-34/h2-5,10-13,16,20H,6-9,14-15,28H2,1H3,(H2,29,30)/t20-/m0/s1. The van der Waals surface area contributed by atoms with Crippen molar-refractivity contribution in [2.75, 3.05) is 44.0 Å². The van der Waals surface area contributed by atoms with Crippen LogP contribution in [0.1, 0.15) is 12.0 Å². The molecule has 0 saturated carbocycles. The monoisotopic (exact) mass is 547 g/mol. The lowest BCUT2D eigenvalue weighted by Crippen LogP contribution is -2.32. The van der Waals surface area contributed by atoms with Gasteiger partial charge in [-0.2, -0.15) is 4.31 Å². The van der Waals surface area contributed by atoms with Gasteiger partial charge in [-0.1, -0.05) is 6.07 Å². The fourth-order valence-corrected chi connectivity index (χ4v) is 6.69. The number of pyridine rings is 1. The number of benzene rings is 2. The molecule has 0 radical (unpaired) electrons. The highest BCUT2D eigenvalue weighted by molar-refractivity contribution is 7.89. The van der Waals surface area contributed by atoms with Crippen molar-refractivity contribution in [3.63, 3.8) is 0 Å². The molecule has 4 heterocycles. The van der Waals surface area contributed by atoms with E-state index >= 15 is 0 Å². The zero-order chi connectivity index (χ0) is 27.1. The fourth-order valence-electron chi connectivity index (χ4n) is 5.09. The van der Waals surface area contributed by atoms with E-state index in [0.29, 0.717) is 38.2 Å². The van der Waals surface area contributed by atoms with Crippen molar-refractivity contribution in [1.29, 1.82) is 0 Å². The van der Waals surface area contributed by atoms with Gasteiger partial charge in [-0.05, 0) is 42.3 Å². The summed E-state index contributed by atoms with van der Waals surface area (Å²) in [4.78, 5) is 15.4. The van der Waals surface area contributed by atoms with E-state index in [1.165, 1.54) is 4.31 Å². The largest absolute Gasteiger partial charge is 0.497 e. The number of hydrogen-bond acceptors (Lipinski definition) is 10. The number of rotatable bonds is 5. The second-order valence-corrected chi connectivity index (χ2v) is 11.6. The number of nitrogens with zero attached hydrogens (tertiary/aromatic N) is 5. The van der Waals surface area contributed by atoms with Gasteiger partial charge in [0.05, 0.1) is 19.2 Å². The molecule has 4 N–H and O–H groups in total. The van der Waals surface area contributed by atoms with Crippen molar-refractivity contribution in [3.8, 4) is 22.6 Å². The number of fused-ring (bicyclic) bond motifs is 2. The summed E-state index contributed by atoms with van der Waals surface area (Å²) in [6.45, 7) is 2.29. The molecule has 2 aromatic heterocycles. The van der Waals surface area contributed by atoms with Gasteiger partial charge in [0.25, 0.3) is 0 Å². The van der Waals surface area contributed by atoms with E-state index in [1.807, 2.05) is 36.4 Å². The maximum Gasteiger partial charge on any atom is 0.246 e. The second kappa shape index (κ2) is 9.95. The number of hydrogen-bond donors (Lipinski definition) is 2. The summed E-state index contributed by atoms with van der Waals surface area (Å²) in [5.74, 6) is 2.27. The maximum absolute atomic E-state index is 13.3. The molecule has 0 aliphatic carbocycles. The zero-order valence-electron chi connectivity index (χ0n) is 21.4. The Balaban J connectivity index is 1.34. The molecule has 12 heteroatoms. The number of nitrogen functional groups attached to an aromatic ring is 1. The molecule has 2 aromatic carbocycles. The Hall–Kier alpha value is -4.00. The van der Waals surface area contributed by atoms with Gasteiger partial charge in [-0.3, -0.25) is 0 Å². The highest BCUT2D eigenvalue weighted by Gasteiger charge is 2.33. The fraction of sp³-hybridized carbons (Fsp3) is 0.296. The first-order chi connectivity index (χ1) is 18.8. The summed E-state index contributed by atoms with van der Waals surface area (Å²) in [6.07, 6.45) is 3.75. The molecule has 11 nitrogen and oxygen atoms in total. The number of ether oxygens (including phenoxy) is 2. The van der Waals surface area contributed by atoms with Crippen LogP contribution in [0.15, 0.2) is 59.9 Å². The molecule has 1 fully saturated rings. The van der Waals surface area contributed by atoms with Crippen LogP contribution in [0.2, 0.25) is 0 Å². The van der Waals surface area contributed by atoms with Crippen LogP contribution in [-0.4, -0.2) is 67.1 Å². The summed E-state index contributed by atoms with van der Waals surface area (Å²) in [5, 5.41) is 0.914. The van der Waals surface area contributed by atoms with Crippen LogP contribution in [0.4, 0.5) is 11.6 Å². The molecular weight excluding hydrogens is 518 g/mol. The van der Waals surface area contributed by atoms with Crippen LogP contribution < -0.4 is 25.8 Å². The molecule has 6 rings (SSSR count). The number of aromatic nitrogens is 3. The summed E-state index contributed by atoms with van der Waals surface area (Å²) in [5.41, 5.74) is 15.2. The van der Waals surface area contributed by atoms with Crippen LogP contribution in [0.5, 0.6) is 11.5 Å². The number of sulfonamides is 1. The highest BCUT2D eigenvalue weighted by atomic mass is 32.2. The SMILES string of the molecule is COc1ccc2c(N3CCOc4ccc(-c5cnc(N)c(S(=O)(=O)N6CC[C@H](N)C6)c5)cc4C3)ncnc2c1. The highest BCUT2D eigenvalue weighted by Crippen LogP contribution is 2.34. The first-order valence-electron chi connectivity index (χ1n) is 12.6. The molecule has 0 unspecified atom stereocenters. The van der Waals surface area contributed by atoms with Gasteiger partial charge in [0.1, 0.15) is 41.0 Å². The van der Waals surface area contributed by atoms with Crippen LogP contribution in [0.3, 0.4) is 0 Å². The first kappa shape index (κ1) is 25.3. The minimum Gasteiger partial charge on any atom is -0.497 e. The van der Waals surface area contributed by atoms with Crippen LogP contribution in [0.25, 0.3) is 22.0 Å². The van der Waals surface area contributed by atoms with Gasteiger partial charge in [0.15, 0.2) is 0 Å². The molecular formula is C27H29N7O4S. The van der Waals surface area contributed by atoms with Crippen LogP contribution in [-0.2, 0) is 16.6 Å². The molecule has 4 aromatic rings. The van der Waals surface area contributed by atoms with E-state index in [9.17, 15) is 8.42 Å². The Kier molecular flexibility index (Phi) is 6.45. The Morgan fingerprint density at radius 2 is 1.92 bits per heavy atom. The number of nitrogens with two attached hydrogens (primary N) is 2. The van der Waals surface area contributed by atoms with Crippen molar-refractivity contribution >= 4 is 32.6 Å². The van der Waals surface area contributed by atoms with Gasteiger partial charge in [0, 0.05) is 54.5 Å². The van der Waals surface area contributed by atoms with Crippen molar-refractivity contribution in [1.82, 2.24) is 19.3 Å². The number of anilines is 2. The van der Waals surface area contributed by atoms with Gasteiger partial charge >= 0.3 is 0 Å². The lowest BCUT2D eigenvalue weighted by atomic mass is 10.0. The lowest BCUT2D eigenvalue weighted by molar-refractivity contribution is 0.331. The molecule has 2 aliphatic rings. The summed E-state index contributed by atoms with van der Waals surface area (Å²) in [7, 11) is -2.19. The molecule has 202 valence electrons. The van der Waals surface area contributed by atoms with Gasteiger partial charge in [0.2, 0.25) is 10.0 Å². The van der Waals surface area contributed by atoms with Gasteiger partial charge in [-0.15, -0.1) is 0 Å². The molecule has 0 spiro atoms. The molecule has 39 heavy (non-hydrogen) atoms. The topological polar surface area (TPSA) is 150 Å². The average molecular weight is 548 g/mol. The summed E-state index contributed by atoms with van der Waals surface area (Å²) in [6, 6.07) is 12.9. The normalized spacial score (nSPS) is 18.0. The molecule has 1 atom stereocenters. The minimum atomic E-state index is -3.82. The molecule has 1 saturated heterocycles. The van der Waals surface area contributed by atoms with E-state index in [0.717, 1.165) is 39.3 Å². The van der Waals surface area contributed by atoms with Gasteiger partial charge < -0.3 is 25.8 Å². The molecule has 0 bridgehead atoms. The number of methoxy groups -OCH3 is 1. The third kappa shape index (κ3) is 4.71. The second-order valence-electron chi connectivity index (χ2n) is 9.69. The molecule has 2 aliphatic heterocycles. The van der Waals surface area contributed by atoms with Crippen molar-refractivity contribution in [2.45, 2.75) is 23.9 Å². The Bertz CT molecular complexity index is 1660.